The first-order valence-corrected chi connectivity index (χ1v) is 7.09. The van der Waals surface area contributed by atoms with E-state index in [1.54, 1.807) is 0 Å². The van der Waals surface area contributed by atoms with E-state index in [0.717, 1.165) is 36.8 Å². The molecule has 0 saturated carbocycles. The molecular formula is C12H17NO2S. The molecule has 2 rings (SSSR count). The van der Waals surface area contributed by atoms with Crippen LogP contribution in [-0.2, 0) is 22.9 Å². The molecule has 1 aliphatic rings. The zero-order valence-electron chi connectivity index (χ0n) is 9.71. The third-order valence-electron chi connectivity index (χ3n) is 3.21. The van der Waals surface area contributed by atoms with Crippen LogP contribution in [-0.4, -0.2) is 15.5 Å². The molecule has 0 atom stereocenters. The molecule has 0 unspecified atom stereocenters. The van der Waals surface area contributed by atoms with Crippen LogP contribution in [0, 0.1) is 6.92 Å². The van der Waals surface area contributed by atoms with Crippen molar-refractivity contribution in [3.05, 3.63) is 28.8 Å². The van der Waals surface area contributed by atoms with Gasteiger partial charge in [0.05, 0.1) is 4.90 Å². The zero-order chi connectivity index (χ0) is 11.8. The fourth-order valence-electron chi connectivity index (χ4n) is 2.39. The Labute approximate surface area is 96.9 Å². The highest BCUT2D eigenvalue weighted by molar-refractivity contribution is 7.89. The van der Waals surface area contributed by atoms with E-state index < -0.39 is 10.0 Å². The average molecular weight is 239 g/mol. The first-order chi connectivity index (χ1) is 7.56. The van der Waals surface area contributed by atoms with Crippen LogP contribution in [0.4, 0.5) is 0 Å². The molecular weight excluding hydrogens is 222 g/mol. The predicted molar refractivity (Wildman–Crippen MR) is 64.1 cm³/mol. The number of hydrogen-bond acceptors (Lipinski definition) is 2. The van der Waals surface area contributed by atoms with E-state index in [-0.39, 0.29) is 0 Å². The van der Waals surface area contributed by atoms with Gasteiger partial charge in [0.25, 0.3) is 0 Å². The van der Waals surface area contributed by atoms with Crippen molar-refractivity contribution in [2.24, 2.45) is 0 Å². The Hall–Kier alpha value is -0.870. The minimum atomic E-state index is -3.32. The van der Waals surface area contributed by atoms with Gasteiger partial charge in [0.15, 0.2) is 0 Å². The van der Waals surface area contributed by atoms with Crippen molar-refractivity contribution in [3.63, 3.8) is 0 Å². The van der Waals surface area contributed by atoms with Crippen molar-refractivity contribution in [1.29, 1.82) is 0 Å². The molecule has 3 nitrogen and oxygen atoms in total. The van der Waals surface area contributed by atoms with Crippen LogP contribution in [0.2, 0.25) is 0 Å². The van der Waals surface area contributed by atoms with Gasteiger partial charge in [-0.05, 0) is 56.3 Å². The Morgan fingerprint density at radius 3 is 2.56 bits per heavy atom. The summed E-state index contributed by atoms with van der Waals surface area (Å²) in [5.74, 6) is 0. The molecule has 16 heavy (non-hydrogen) atoms. The van der Waals surface area contributed by atoms with Gasteiger partial charge in [-0.15, -0.1) is 0 Å². The van der Waals surface area contributed by atoms with E-state index in [9.17, 15) is 8.42 Å². The van der Waals surface area contributed by atoms with E-state index in [1.165, 1.54) is 12.6 Å². The summed E-state index contributed by atoms with van der Waals surface area (Å²) in [6.07, 6.45) is 4.13. The van der Waals surface area contributed by atoms with Gasteiger partial charge in [0.1, 0.15) is 0 Å². The summed E-state index contributed by atoms with van der Waals surface area (Å²) in [5, 5.41) is 0. The molecule has 1 aromatic carbocycles. The maximum absolute atomic E-state index is 12.0. The first kappa shape index (κ1) is 11.6. The Morgan fingerprint density at radius 2 is 1.88 bits per heavy atom. The van der Waals surface area contributed by atoms with Crippen LogP contribution in [0.3, 0.4) is 0 Å². The fraction of sp³-hybridized carbons (Fsp3) is 0.500. The summed E-state index contributed by atoms with van der Waals surface area (Å²) in [5.41, 5.74) is 3.07. The monoisotopic (exact) mass is 239 g/mol. The summed E-state index contributed by atoms with van der Waals surface area (Å²) < 4.78 is 26.4. The molecule has 88 valence electrons. The normalized spacial score (nSPS) is 15.9. The number of nitrogens with one attached hydrogen (secondary N) is 1. The second kappa shape index (κ2) is 4.18. The zero-order valence-corrected chi connectivity index (χ0v) is 10.5. The number of hydrogen-bond donors (Lipinski definition) is 1. The lowest BCUT2D eigenvalue weighted by molar-refractivity contribution is 0.583. The van der Waals surface area contributed by atoms with E-state index in [1.807, 2.05) is 13.0 Å². The lowest BCUT2D eigenvalue weighted by Crippen LogP contribution is -2.23. The van der Waals surface area contributed by atoms with Gasteiger partial charge in [0, 0.05) is 0 Å². The molecule has 0 aromatic heterocycles. The molecule has 0 fully saturated rings. The summed E-state index contributed by atoms with van der Waals surface area (Å²) in [6.45, 7) is 1.86. The average Bonchev–Trinajstić information content (AvgIpc) is 2.28. The van der Waals surface area contributed by atoms with Crippen molar-refractivity contribution in [2.75, 3.05) is 7.05 Å². The van der Waals surface area contributed by atoms with E-state index >= 15 is 0 Å². The number of benzene rings is 1. The van der Waals surface area contributed by atoms with Gasteiger partial charge >= 0.3 is 0 Å². The highest BCUT2D eigenvalue weighted by Gasteiger charge is 2.23. The van der Waals surface area contributed by atoms with Crippen LogP contribution in [0.25, 0.3) is 0 Å². The molecule has 1 aliphatic carbocycles. The minimum absolute atomic E-state index is 0.507. The van der Waals surface area contributed by atoms with Crippen molar-refractivity contribution >= 4 is 10.0 Å². The number of fused-ring (bicyclic) bond motifs is 1. The molecule has 0 spiro atoms. The Balaban J connectivity index is 2.68. The second-order valence-corrected chi connectivity index (χ2v) is 6.09. The van der Waals surface area contributed by atoms with Crippen LogP contribution < -0.4 is 4.72 Å². The summed E-state index contributed by atoms with van der Waals surface area (Å²) >= 11 is 0. The van der Waals surface area contributed by atoms with Gasteiger partial charge in [-0.1, -0.05) is 12.1 Å². The van der Waals surface area contributed by atoms with Crippen molar-refractivity contribution < 1.29 is 8.42 Å². The van der Waals surface area contributed by atoms with E-state index in [4.69, 9.17) is 0 Å². The third-order valence-corrected chi connectivity index (χ3v) is 4.86. The van der Waals surface area contributed by atoms with Crippen LogP contribution in [0.5, 0.6) is 0 Å². The maximum Gasteiger partial charge on any atom is 0.240 e. The number of rotatable bonds is 2. The lowest BCUT2D eigenvalue weighted by atomic mass is 9.90. The van der Waals surface area contributed by atoms with Crippen LogP contribution in [0.1, 0.15) is 29.5 Å². The van der Waals surface area contributed by atoms with Gasteiger partial charge in [-0.25, -0.2) is 13.1 Å². The lowest BCUT2D eigenvalue weighted by Gasteiger charge is -2.20. The van der Waals surface area contributed by atoms with Gasteiger partial charge in [-0.3, -0.25) is 0 Å². The Kier molecular flexibility index (Phi) is 3.04. The minimum Gasteiger partial charge on any atom is -0.214 e. The molecule has 1 N–H and O–H groups in total. The fourth-order valence-corrected chi connectivity index (χ4v) is 3.64. The van der Waals surface area contributed by atoms with Crippen molar-refractivity contribution in [1.82, 2.24) is 4.72 Å². The van der Waals surface area contributed by atoms with Gasteiger partial charge in [-0.2, -0.15) is 0 Å². The molecule has 0 aliphatic heterocycles. The molecule has 0 amide bonds. The van der Waals surface area contributed by atoms with Gasteiger partial charge in [0.2, 0.25) is 10.0 Å². The van der Waals surface area contributed by atoms with E-state index in [0.29, 0.717) is 4.90 Å². The van der Waals surface area contributed by atoms with E-state index in [2.05, 4.69) is 10.8 Å². The van der Waals surface area contributed by atoms with Crippen molar-refractivity contribution in [2.45, 2.75) is 37.5 Å². The highest BCUT2D eigenvalue weighted by atomic mass is 32.2. The molecule has 0 heterocycles. The second-order valence-electron chi connectivity index (χ2n) is 4.26. The third kappa shape index (κ3) is 1.87. The maximum atomic E-state index is 12.0. The molecule has 0 saturated heterocycles. The highest BCUT2D eigenvalue weighted by Crippen LogP contribution is 2.29. The Bertz CT molecular complexity index is 506. The Morgan fingerprint density at radius 1 is 1.19 bits per heavy atom. The largest absolute Gasteiger partial charge is 0.240 e. The number of aryl methyl sites for hydroxylation is 2. The standard InChI is InChI=1S/C12H17NO2S/c1-9-7-8-10-5-3-4-6-11(10)12(9)16(14,15)13-2/h7-8,13H,3-6H2,1-2H3. The van der Waals surface area contributed by atoms with Crippen LogP contribution in [0.15, 0.2) is 17.0 Å². The number of sulfonamides is 1. The molecule has 4 heteroatoms. The topological polar surface area (TPSA) is 46.2 Å². The SMILES string of the molecule is CNS(=O)(=O)c1c(C)ccc2c1CCCC2. The molecule has 1 aromatic rings. The summed E-state index contributed by atoms with van der Waals surface area (Å²) in [4.78, 5) is 0.507. The molecule has 0 bridgehead atoms. The first-order valence-electron chi connectivity index (χ1n) is 5.61. The van der Waals surface area contributed by atoms with Crippen LogP contribution >= 0.6 is 0 Å². The summed E-state index contributed by atoms with van der Waals surface area (Å²) in [7, 11) is -1.85. The molecule has 0 radical (unpaired) electrons. The predicted octanol–water partition coefficient (Wildman–Crippen LogP) is 1.78. The quantitative estimate of drug-likeness (QED) is 0.855. The van der Waals surface area contributed by atoms with Gasteiger partial charge < -0.3 is 0 Å². The van der Waals surface area contributed by atoms with Crippen molar-refractivity contribution in [3.8, 4) is 0 Å². The summed E-state index contributed by atoms with van der Waals surface area (Å²) in [6, 6.07) is 3.98. The smallest absolute Gasteiger partial charge is 0.214 e.